The molecule has 0 aliphatic carbocycles. The predicted octanol–water partition coefficient (Wildman–Crippen LogP) is 6.10. The van der Waals surface area contributed by atoms with Gasteiger partial charge in [-0.3, -0.25) is 0 Å². The van der Waals surface area contributed by atoms with Crippen molar-refractivity contribution in [3.63, 3.8) is 0 Å². The fourth-order valence-corrected chi connectivity index (χ4v) is 4.37. The van der Waals surface area contributed by atoms with E-state index in [2.05, 4.69) is 0 Å². The molecule has 0 bridgehead atoms. The minimum absolute atomic E-state index is 0.0349. The molecule has 0 aliphatic heterocycles. The maximum atomic E-state index is 14.0. The Morgan fingerprint density at radius 2 is 1.82 bits per heavy atom. The number of hydrogen-bond acceptors (Lipinski definition) is 5. The van der Waals surface area contributed by atoms with Crippen LogP contribution >= 0.6 is 11.6 Å². The van der Waals surface area contributed by atoms with Gasteiger partial charge in [0.1, 0.15) is 23.4 Å². The van der Waals surface area contributed by atoms with E-state index in [0.717, 1.165) is 5.56 Å². The number of hydrogen-bond donors (Lipinski definition) is 0. The molecule has 0 saturated carbocycles. The topological polar surface area (TPSA) is 76.4 Å². The monoisotopic (exact) mass is 485 g/mol. The van der Waals surface area contributed by atoms with Crippen LogP contribution in [-0.4, -0.2) is 15.0 Å². The first-order chi connectivity index (χ1) is 15.8. The van der Waals surface area contributed by atoms with Crippen molar-refractivity contribution >= 4 is 27.5 Å². The van der Waals surface area contributed by atoms with Crippen molar-refractivity contribution in [2.75, 3.05) is 6.61 Å². The summed E-state index contributed by atoms with van der Waals surface area (Å²) in [6.45, 7) is 3.82. The normalized spacial score (nSPS) is 11.7. The Bertz CT molecular complexity index is 1310. The second-order valence-electron chi connectivity index (χ2n) is 7.06. The summed E-state index contributed by atoms with van der Waals surface area (Å²) in [6, 6.07) is 17.1. The van der Waals surface area contributed by atoms with Gasteiger partial charge < -0.3 is 9.47 Å². The zero-order chi connectivity index (χ0) is 24.0. The van der Waals surface area contributed by atoms with E-state index >= 15 is 0 Å². The minimum atomic E-state index is -3.99. The van der Waals surface area contributed by atoms with Crippen LogP contribution in [0, 0.1) is 24.1 Å². The number of allylic oxidation sites excluding steroid dienone is 1. The van der Waals surface area contributed by atoms with Gasteiger partial charge in [-0.05, 0) is 61.9 Å². The average molecular weight is 486 g/mol. The summed E-state index contributed by atoms with van der Waals surface area (Å²) in [6.07, 6.45) is 1.27. The molecule has 0 unspecified atom stereocenters. The van der Waals surface area contributed by atoms with Crippen molar-refractivity contribution in [2.45, 2.75) is 25.3 Å². The van der Waals surface area contributed by atoms with Crippen molar-refractivity contribution in [2.24, 2.45) is 0 Å². The van der Waals surface area contributed by atoms with Crippen molar-refractivity contribution in [3.8, 4) is 17.6 Å². The molecular formula is C25H21ClFNO4S. The SMILES string of the molecule is CCOc1cc(C=C(C#N)S(=O)(=O)c2ccc(C)cc2)ccc1OCc1c(F)cccc1Cl. The Kier molecular flexibility index (Phi) is 7.75. The van der Waals surface area contributed by atoms with E-state index in [1.165, 1.54) is 30.3 Å². The molecule has 3 aromatic carbocycles. The molecular weight excluding hydrogens is 465 g/mol. The zero-order valence-corrected chi connectivity index (χ0v) is 19.6. The standard InChI is InChI=1S/C25H21ClFNO4S/c1-3-31-25-14-18(9-12-24(25)32-16-21-22(26)5-4-6-23(21)27)13-20(15-28)33(29,30)19-10-7-17(2)8-11-19/h4-14H,3,16H2,1-2H3. The lowest BCUT2D eigenvalue weighted by Gasteiger charge is -2.14. The number of nitrogens with zero attached hydrogens (tertiary/aromatic N) is 1. The Morgan fingerprint density at radius 1 is 1.09 bits per heavy atom. The molecule has 3 aromatic rings. The molecule has 5 nitrogen and oxygen atoms in total. The van der Waals surface area contributed by atoms with Gasteiger partial charge in [-0.15, -0.1) is 0 Å². The second kappa shape index (κ2) is 10.5. The first kappa shape index (κ1) is 24.3. The van der Waals surface area contributed by atoms with Crippen molar-refractivity contribution in [3.05, 3.63) is 93.1 Å². The van der Waals surface area contributed by atoms with Gasteiger partial charge in [0.2, 0.25) is 9.84 Å². The van der Waals surface area contributed by atoms with Gasteiger partial charge in [0.05, 0.1) is 16.5 Å². The Hall–Kier alpha value is -3.34. The van der Waals surface area contributed by atoms with Crippen LogP contribution in [0.25, 0.3) is 6.08 Å². The Morgan fingerprint density at radius 3 is 2.45 bits per heavy atom. The summed E-state index contributed by atoms with van der Waals surface area (Å²) in [5.41, 5.74) is 1.55. The first-order valence-corrected chi connectivity index (χ1v) is 11.9. The van der Waals surface area contributed by atoms with Crippen LogP contribution in [0.2, 0.25) is 5.02 Å². The largest absolute Gasteiger partial charge is 0.490 e. The van der Waals surface area contributed by atoms with Gasteiger partial charge in [0.25, 0.3) is 0 Å². The van der Waals surface area contributed by atoms with E-state index in [1.807, 2.05) is 6.92 Å². The van der Waals surface area contributed by atoms with Gasteiger partial charge >= 0.3 is 0 Å². The van der Waals surface area contributed by atoms with Crippen LogP contribution in [-0.2, 0) is 16.4 Å². The highest BCUT2D eigenvalue weighted by atomic mass is 35.5. The van der Waals surface area contributed by atoms with Crippen molar-refractivity contribution < 1.29 is 22.3 Å². The fourth-order valence-electron chi connectivity index (χ4n) is 2.99. The lowest BCUT2D eigenvalue weighted by atomic mass is 10.2. The summed E-state index contributed by atoms with van der Waals surface area (Å²) in [4.78, 5) is -0.367. The molecule has 0 radical (unpaired) electrons. The van der Waals surface area contributed by atoms with E-state index in [-0.39, 0.29) is 22.1 Å². The summed E-state index contributed by atoms with van der Waals surface area (Å²) >= 11 is 6.05. The Balaban J connectivity index is 1.92. The van der Waals surface area contributed by atoms with Gasteiger partial charge in [0, 0.05) is 5.56 Å². The maximum Gasteiger partial charge on any atom is 0.216 e. The van der Waals surface area contributed by atoms with E-state index in [4.69, 9.17) is 21.1 Å². The first-order valence-electron chi connectivity index (χ1n) is 10.0. The molecule has 170 valence electrons. The molecule has 8 heteroatoms. The Labute approximate surface area is 197 Å². The smallest absolute Gasteiger partial charge is 0.216 e. The van der Waals surface area contributed by atoms with E-state index in [9.17, 15) is 18.1 Å². The van der Waals surface area contributed by atoms with Crippen molar-refractivity contribution in [1.29, 1.82) is 5.26 Å². The number of halogens is 2. The van der Waals surface area contributed by atoms with E-state index < -0.39 is 20.6 Å². The molecule has 0 spiro atoms. The minimum Gasteiger partial charge on any atom is -0.490 e. The molecule has 0 heterocycles. The van der Waals surface area contributed by atoms with Gasteiger partial charge in [-0.25, -0.2) is 12.8 Å². The van der Waals surface area contributed by atoms with Gasteiger partial charge in [-0.2, -0.15) is 5.26 Å². The third-order valence-corrected chi connectivity index (χ3v) is 6.77. The molecule has 33 heavy (non-hydrogen) atoms. The van der Waals surface area contributed by atoms with E-state index in [1.54, 1.807) is 49.4 Å². The third kappa shape index (κ3) is 5.72. The summed E-state index contributed by atoms with van der Waals surface area (Å²) in [5, 5.41) is 9.77. The number of ether oxygens (including phenoxy) is 2. The number of benzene rings is 3. The molecule has 0 atom stereocenters. The highest BCUT2D eigenvalue weighted by molar-refractivity contribution is 7.95. The van der Waals surface area contributed by atoms with Crippen LogP contribution in [0.5, 0.6) is 11.5 Å². The van der Waals surface area contributed by atoms with Crippen LogP contribution < -0.4 is 9.47 Å². The van der Waals surface area contributed by atoms with E-state index in [0.29, 0.717) is 23.7 Å². The van der Waals surface area contributed by atoms with Gasteiger partial charge in [0.15, 0.2) is 11.5 Å². The second-order valence-corrected chi connectivity index (χ2v) is 9.39. The van der Waals surface area contributed by atoms with Crippen LogP contribution in [0.1, 0.15) is 23.6 Å². The molecule has 0 N–H and O–H groups in total. The molecule has 0 aromatic heterocycles. The summed E-state index contributed by atoms with van der Waals surface area (Å²) in [7, 11) is -3.99. The van der Waals surface area contributed by atoms with Gasteiger partial charge in [-0.1, -0.05) is 41.4 Å². The maximum absolute atomic E-state index is 14.0. The lowest BCUT2D eigenvalue weighted by molar-refractivity contribution is 0.266. The average Bonchev–Trinajstić information content (AvgIpc) is 2.78. The molecule has 0 saturated heterocycles. The lowest BCUT2D eigenvalue weighted by Crippen LogP contribution is -2.04. The predicted molar refractivity (Wildman–Crippen MR) is 125 cm³/mol. The zero-order valence-electron chi connectivity index (χ0n) is 18.0. The number of rotatable bonds is 8. The molecule has 0 fully saturated rings. The summed E-state index contributed by atoms with van der Waals surface area (Å²) < 4.78 is 51.1. The molecule has 3 rings (SSSR count). The number of aryl methyl sites for hydroxylation is 1. The summed E-state index contributed by atoms with van der Waals surface area (Å²) in [5.74, 6) is 0.164. The number of nitriles is 1. The quantitative estimate of drug-likeness (QED) is 0.360. The van der Waals surface area contributed by atoms with Crippen LogP contribution in [0.4, 0.5) is 4.39 Å². The highest BCUT2D eigenvalue weighted by Gasteiger charge is 2.21. The third-order valence-electron chi connectivity index (χ3n) is 4.73. The highest BCUT2D eigenvalue weighted by Crippen LogP contribution is 2.32. The fraction of sp³-hybridized carbons (Fsp3) is 0.160. The number of sulfone groups is 1. The van der Waals surface area contributed by atoms with Crippen LogP contribution in [0.3, 0.4) is 0 Å². The molecule has 0 amide bonds. The van der Waals surface area contributed by atoms with Crippen molar-refractivity contribution in [1.82, 2.24) is 0 Å². The molecule has 0 aliphatic rings. The van der Waals surface area contributed by atoms with Crippen LogP contribution in [0.15, 0.2) is 70.5 Å².